The van der Waals surface area contributed by atoms with Crippen molar-refractivity contribution in [3.05, 3.63) is 71.4 Å². The Balaban J connectivity index is 1.29. The maximum Gasteiger partial charge on any atom is 0.134 e. The first-order valence-corrected chi connectivity index (χ1v) is 11.4. The molecule has 4 rings (SSSR count). The average Bonchev–Trinajstić information content (AvgIpc) is 2.80. The van der Waals surface area contributed by atoms with Crippen LogP contribution in [0.15, 0.2) is 54.6 Å². The van der Waals surface area contributed by atoms with Gasteiger partial charge in [-0.3, -0.25) is 0 Å². The maximum atomic E-state index is 6.27. The van der Waals surface area contributed by atoms with Gasteiger partial charge in [0.2, 0.25) is 0 Å². The number of pyridine rings is 1. The van der Waals surface area contributed by atoms with Crippen molar-refractivity contribution in [3.63, 3.8) is 0 Å². The fourth-order valence-corrected chi connectivity index (χ4v) is 3.81. The fraction of sp³-hybridized carbons (Fsp3) is 0.444. The van der Waals surface area contributed by atoms with Gasteiger partial charge in [0.25, 0.3) is 0 Å². The van der Waals surface area contributed by atoms with Gasteiger partial charge in [0, 0.05) is 29.6 Å². The average molecular weight is 436 g/mol. The van der Waals surface area contributed by atoms with Gasteiger partial charge in [-0.05, 0) is 37.5 Å². The van der Waals surface area contributed by atoms with Crippen LogP contribution in [0.4, 0.5) is 0 Å². The molecule has 3 aromatic rings. The summed E-state index contributed by atoms with van der Waals surface area (Å²) in [6, 6.07) is 18.4. The minimum Gasteiger partial charge on any atom is -0.488 e. The van der Waals surface area contributed by atoms with Crippen molar-refractivity contribution in [1.29, 1.82) is 0 Å². The first-order chi connectivity index (χ1) is 15.6. The first kappa shape index (κ1) is 22.7. The van der Waals surface area contributed by atoms with Crippen LogP contribution in [-0.2, 0) is 27.4 Å². The molecule has 0 radical (unpaired) electrons. The lowest BCUT2D eigenvalue weighted by molar-refractivity contribution is -0.138. The normalized spacial score (nSPS) is 14.9. The van der Waals surface area contributed by atoms with Gasteiger partial charge in [0.05, 0.1) is 37.6 Å². The van der Waals surface area contributed by atoms with Gasteiger partial charge in [0.15, 0.2) is 0 Å². The van der Waals surface area contributed by atoms with Gasteiger partial charge in [-0.25, -0.2) is 4.98 Å². The van der Waals surface area contributed by atoms with E-state index in [1.807, 2.05) is 36.4 Å². The van der Waals surface area contributed by atoms with Crippen LogP contribution in [0.5, 0.6) is 5.75 Å². The van der Waals surface area contributed by atoms with E-state index in [0.29, 0.717) is 19.8 Å². The highest BCUT2D eigenvalue weighted by atomic mass is 16.5. The summed E-state index contributed by atoms with van der Waals surface area (Å²) in [4.78, 5) is 4.84. The predicted octanol–water partition coefficient (Wildman–Crippen LogP) is 5.47. The Kier molecular flexibility index (Phi) is 7.74. The van der Waals surface area contributed by atoms with Crippen LogP contribution in [0.3, 0.4) is 0 Å². The monoisotopic (exact) mass is 435 g/mol. The number of hydrogen-bond donors (Lipinski definition) is 0. The molecule has 1 aliphatic heterocycles. The number of hydrogen-bond acceptors (Lipinski definition) is 5. The molecule has 0 amide bonds. The SMILES string of the molecule is Cc1c(COCCCCOCC2(C)COC2)nc2ccccc2c1OCc1ccccc1. The molecule has 32 heavy (non-hydrogen) atoms. The summed E-state index contributed by atoms with van der Waals surface area (Å²) in [5.74, 6) is 0.889. The molecule has 0 N–H and O–H groups in total. The van der Waals surface area contributed by atoms with Gasteiger partial charge in [-0.2, -0.15) is 0 Å². The van der Waals surface area contributed by atoms with Gasteiger partial charge in [-0.15, -0.1) is 0 Å². The minimum absolute atomic E-state index is 0.218. The topological polar surface area (TPSA) is 49.8 Å². The molecule has 5 heteroatoms. The number of benzene rings is 2. The molecule has 2 aromatic carbocycles. The Hall–Kier alpha value is -2.47. The number of fused-ring (bicyclic) bond motifs is 1. The zero-order valence-electron chi connectivity index (χ0n) is 19.1. The highest BCUT2D eigenvalue weighted by Gasteiger charge is 2.33. The van der Waals surface area contributed by atoms with Gasteiger partial charge in [-0.1, -0.05) is 49.4 Å². The van der Waals surface area contributed by atoms with E-state index in [2.05, 4.69) is 32.0 Å². The first-order valence-electron chi connectivity index (χ1n) is 11.4. The van der Waals surface area contributed by atoms with Crippen LogP contribution in [0.2, 0.25) is 0 Å². The molecule has 0 spiro atoms. The van der Waals surface area contributed by atoms with Crippen molar-refractivity contribution in [3.8, 4) is 5.75 Å². The van der Waals surface area contributed by atoms with Crippen molar-refractivity contribution in [1.82, 2.24) is 4.98 Å². The highest BCUT2D eigenvalue weighted by molar-refractivity contribution is 5.86. The Bertz CT molecular complexity index is 1000. The summed E-state index contributed by atoms with van der Waals surface area (Å²) in [6.07, 6.45) is 1.96. The summed E-state index contributed by atoms with van der Waals surface area (Å²) in [7, 11) is 0. The Morgan fingerprint density at radius 2 is 1.62 bits per heavy atom. The molecular formula is C27H33NO4. The third kappa shape index (κ3) is 5.85. The molecule has 1 fully saturated rings. The number of nitrogens with zero attached hydrogens (tertiary/aromatic N) is 1. The number of aromatic nitrogens is 1. The predicted molar refractivity (Wildman–Crippen MR) is 126 cm³/mol. The van der Waals surface area contributed by atoms with Crippen LogP contribution in [0.25, 0.3) is 10.9 Å². The standard InChI is InChI=1S/C27H33NO4/c1-21-25(17-29-14-8-9-15-30-18-27(2)19-31-20-27)28-24-13-7-6-12-23(24)26(21)32-16-22-10-4-3-5-11-22/h3-7,10-13H,8-9,14-20H2,1-2H3. The lowest BCUT2D eigenvalue weighted by atomic mass is 9.90. The second-order valence-electron chi connectivity index (χ2n) is 8.92. The molecular weight excluding hydrogens is 402 g/mol. The molecule has 5 nitrogen and oxygen atoms in total. The fourth-order valence-electron chi connectivity index (χ4n) is 3.81. The molecule has 1 aliphatic rings. The second kappa shape index (κ2) is 10.9. The van der Waals surface area contributed by atoms with Crippen molar-refractivity contribution in [2.24, 2.45) is 5.41 Å². The molecule has 170 valence electrons. The van der Waals surface area contributed by atoms with Crippen molar-refractivity contribution >= 4 is 10.9 Å². The van der Waals surface area contributed by atoms with Crippen molar-refractivity contribution in [2.75, 3.05) is 33.0 Å². The lowest BCUT2D eigenvalue weighted by Crippen LogP contribution is -2.43. The number of unbranched alkanes of at least 4 members (excludes halogenated alkanes) is 1. The van der Waals surface area contributed by atoms with Crippen molar-refractivity contribution in [2.45, 2.75) is 39.9 Å². The smallest absolute Gasteiger partial charge is 0.134 e. The molecule has 2 heterocycles. The quantitative estimate of drug-likeness (QED) is 0.353. The molecule has 0 bridgehead atoms. The van der Waals surface area contributed by atoms with Crippen LogP contribution in [0.1, 0.15) is 36.6 Å². The summed E-state index contributed by atoms with van der Waals surface area (Å²) < 4.78 is 23.3. The minimum atomic E-state index is 0.218. The molecule has 0 atom stereocenters. The number of para-hydroxylation sites is 1. The van der Waals surface area contributed by atoms with Crippen LogP contribution in [0, 0.1) is 12.3 Å². The molecule has 0 aliphatic carbocycles. The summed E-state index contributed by atoms with van der Waals surface area (Å²) in [5, 5.41) is 1.03. The Morgan fingerprint density at radius 3 is 2.38 bits per heavy atom. The maximum absolute atomic E-state index is 6.27. The van der Waals surface area contributed by atoms with E-state index in [-0.39, 0.29) is 5.41 Å². The third-order valence-electron chi connectivity index (χ3n) is 5.82. The van der Waals surface area contributed by atoms with Crippen molar-refractivity contribution < 1.29 is 18.9 Å². The van der Waals surface area contributed by atoms with Gasteiger partial charge < -0.3 is 18.9 Å². The van der Waals surface area contributed by atoms with Crippen LogP contribution >= 0.6 is 0 Å². The van der Waals surface area contributed by atoms with Gasteiger partial charge in [0.1, 0.15) is 12.4 Å². The highest BCUT2D eigenvalue weighted by Crippen LogP contribution is 2.31. The summed E-state index contributed by atoms with van der Waals surface area (Å²) in [6.45, 7) is 9.14. The van der Waals surface area contributed by atoms with E-state index < -0.39 is 0 Å². The van der Waals surface area contributed by atoms with E-state index in [1.165, 1.54) is 0 Å². The Morgan fingerprint density at radius 1 is 0.906 bits per heavy atom. The lowest BCUT2D eigenvalue weighted by Gasteiger charge is -2.37. The Labute approximate surface area is 190 Å². The summed E-state index contributed by atoms with van der Waals surface area (Å²) in [5.41, 5.74) is 4.27. The van der Waals surface area contributed by atoms with Crippen LogP contribution < -0.4 is 4.74 Å². The van der Waals surface area contributed by atoms with Gasteiger partial charge >= 0.3 is 0 Å². The van der Waals surface area contributed by atoms with E-state index in [9.17, 15) is 0 Å². The second-order valence-corrected chi connectivity index (χ2v) is 8.92. The van der Waals surface area contributed by atoms with E-state index in [1.54, 1.807) is 0 Å². The zero-order chi connectivity index (χ0) is 22.2. The molecule has 1 aromatic heterocycles. The molecule has 0 unspecified atom stereocenters. The molecule has 0 saturated carbocycles. The number of rotatable bonds is 12. The van der Waals surface area contributed by atoms with E-state index in [4.69, 9.17) is 23.9 Å². The largest absolute Gasteiger partial charge is 0.488 e. The zero-order valence-corrected chi connectivity index (χ0v) is 19.1. The third-order valence-corrected chi connectivity index (χ3v) is 5.82. The summed E-state index contributed by atoms with van der Waals surface area (Å²) >= 11 is 0. The molecule has 1 saturated heterocycles. The van der Waals surface area contributed by atoms with E-state index in [0.717, 1.165) is 72.7 Å². The van der Waals surface area contributed by atoms with E-state index >= 15 is 0 Å². The number of ether oxygens (including phenoxy) is 4. The van der Waals surface area contributed by atoms with Crippen LogP contribution in [-0.4, -0.2) is 38.0 Å².